The van der Waals surface area contributed by atoms with Crippen LogP contribution < -0.4 is 0 Å². The Labute approximate surface area is 121 Å². The number of hydrogen-bond donors (Lipinski definition) is 0. The second-order valence-electron chi connectivity index (χ2n) is 3.89. The van der Waals surface area contributed by atoms with Crippen molar-refractivity contribution in [2.45, 2.75) is 6.18 Å². The molecule has 0 bridgehead atoms. The Hall–Kier alpha value is -1.37. The minimum Gasteiger partial charge on any atom is -0.298 e. The average molecular weight is 376 g/mol. The lowest BCUT2D eigenvalue weighted by Crippen LogP contribution is -2.07. The largest absolute Gasteiger partial charge is 0.417 e. The van der Waals surface area contributed by atoms with Crippen LogP contribution in [0.4, 0.5) is 13.2 Å². The van der Waals surface area contributed by atoms with Crippen LogP contribution in [-0.4, -0.2) is 6.29 Å². The summed E-state index contributed by atoms with van der Waals surface area (Å²) in [5.74, 6) is 0. The molecule has 0 atom stereocenters. The highest BCUT2D eigenvalue weighted by atomic mass is 127. The van der Waals surface area contributed by atoms with Gasteiger partial charge >= 0.3 is 6.18 Å². The molecule has 0 spiro atoms. The molecule has 19 heavy (non-hydrogen) atoms. The average Bonchev–Trinajstić information content (AvgIpc) is 2.37. The number of carbonyl (C=O) groups excluding carboxylic acids is 1. The van der Waals surface area contributed by atoms with Gasteiger partial charge in [-0.1, -0.05) is 24.3 Å². The lowest BCUT2D eigenvalue weighted by molar-refractivity contribution is -0.137. The second kappa shape index (κ2) is 5.32. The first kappa shape index (κ1) is 14.0. The molecule has 0 aliphatic carbocycles. The zero-order valence-electron chi connectivity index (χ0n) is 9.54. The Morgan fingerprint density at radius 2 is 1.68 bits per heavy atom. The van der Waals surface area contributed by atoms with E-state index in [-0.39, 0.29) is 11.1 Å². The van der Waals surface area contributed by atoms with Gasteiger partial charge in [-0.25, -0.2) is 0 Å². The van der Waals surface area contributed by atoms with Gasteiger partial charge in [0.05, 0.1) is 5.56 Å². The third-order valence-corrected chi connectivity index (χ3v) is 3.33. The molecule has 1 nitrogen and oxygen atoms in total. The van der Waals surface area contributed by atoms with Crippen LogP contribution in [0.2, 0.25) is 0 Å². The lowest BCUT2D eigenvalue weighted by Gasteiger charge is -2.14. The van der Waals surface area contributed by atoms with Gasteiger partial charge in [0.15, 0.2) is 6.29 Å². The number of alkyl halides is 3. The van der Waals surface area contributed by atoms with Crippen molar-refractivity contribution < 1.29 is 18.0 Å². The van der Waals surface area contributed by atoms with Crippen molar-refractivity contribution in [1.82, 2.24) is 0 Å². The lowest BCUT2D eigenvalue weighted by atomic mass is 9.95. The first-order valence-corrected chi connectivity index (χ1v) is 6.42. The highest BCUT2D eigenvalue weighted by Crippen LogP contribution is 2.38. The number of carbonyl (C=O) groups is 1. The molecule has 2 aromatic carbocycles. The Balaban J connectivity index is 2.69. The number of halogens is 4. The van der Waals surface area contributed by atoms with Gasteiger partial charge in [0.2, 0.25) is 0 Å². The van der Waals surface area contributed by atoms with E-state index in [1.807, 2.05) is 22.6 Å². The van der Waals surface area contributed by atoms with Gasteiger partial charge < -0.3 is 0 Å². The summed E-state index contributed by atoms with van der Waals surface area (Å²) in [5, 5.41) is 0. The van der Waals surface area contributed by atoms with Crippen molar-refractivity contribution >= 4 is 28.9 Å². The molecule has 0 amide bonds. The van der Waals surface area contributed by atoms with Crippen molar-refractivity contribution in [3.8, 4) is 11.1 Å². The summed E-state index contributed by atoms with van der Waals surface area (Å²) >= 11 is 2.01. The van der Waals surface area contributed by atoms with Crippen molar-refractivity contribution in [2.24, 2.45) is 0 Å². The zero-order valence-corrected chi connectivity index (χ0v) is 11.7. The SMILES string of the molecule is O=Cc1cc(I)ccc1-c1ccccc1C(F)(F)F. The first-order valence-electron chi connectivity index (χ1n) is 5.35. The van der Waals surface area contributed by atoms with E-state index in [1.165, 1.54) is 24.3 Å². The van der Waals surface area contributed by atoms with Crippen LogP contribution in [0.15, 0.2) is 42.5 Å². The quantitative estimate of drug-likeness (QED) is 0.544. The van der Waals surface area contributed by atoms with E-state index in [0.717, 1.165) is 9.64 Å². The molecule has 98 valence electrons. The van der Waals surface area contributed by atoms with Gasteiger partial charge in [0, 0.05) is 9.13 Å². The van der Waals surface area contributed by atoms with E-state index in [4.69, 9.17) is 0 Å². The third kappa shape index (κ3) is 2.97. The standard InChI is InChI=1S/C14H8F3IO/c15-14(16,17)13-4-2-1-3-12(13)11-6-5-10(18)7-9(11)8-19/h1-8H. The van der Waals surface area contributed by atoms with E-state index >= 15 is 0 Å². The van der Waals surface area contributed by atoms with Crippen molar-refractivity contribution in [1.29, 1.82) is 0 Å². The molecule has 0 aromatic heterocycles. The zero-order chi connectivity index (χ0) is 14.0. The number of rotatable bonds is 2. The van der Waals surface area contributed by atoms with Crippen LogP contribution in [0.3, 0.4) is 0 Å². The summed E-state index contributed by atoms with van der Waals surface area (Å²) in [7, 11) is 0. The molecule has 0 aliphatic rings. The van der Waals surface area contributed by atoms with Crippen molar-refractivity contribution in [3.05, 3.63) is 57.2 Å². The molecule has 0 saturated heterocycles. The van der Waals surface area contributed by atoms with Crippen LogP contribution in [0.1, 0.15) is 15.9 Å². The smallest absolute Gasteiger partial charge is 0.298 e. The van der Waals surface area contributed by atoms with Gasteiger partial charge in [-0.05, 0) is 51.9 Å². The van der Waals surface area contributed by atoms with Crippen molar-refractivity contribution in [2.75, 3.05) is 0 Å². The number of aldehydes is 1. The van der Waals surface area contributed by atoms with E-state index in [0.29, 0.717) is 11.8 Å². The van der Waals surface area contributed by atoms with Gasteiger partial charge in [-0.2, -0.15) is 13.2 Å². The van der Waals surface area contributed by atoms with E-state index < -0.39 is 11.7 Å². The molecule has 0 aliphatic heterocycles. The Morgan fingerprint density at radius 3 is 2.32 bits per heavy atom. The molecule has 5 heteroatoms. The minimum atomic E-state index is -4.44. The Kier molecular flexibility index (Phi) is 3.93. The molecule has 0 fully saturated rings. The highest BCUT2D eigenvalue weighted by molar-refractivity contribution is 14.1. The summed E-state index contributed by atoms with van der Waals surface area (Å²) in [4.78, 5) is 11.0. The maximum absolute atomic E-state index is 13.0. The third-order valence-electron chi connectivity index (χ3n) is 2.66. The van der Waals surface area contributed by atoms with E-state index in [2.05, 4.69) is 0 Å². The van der Waals surface area contributed by atoms with Crippen LogP contribution >= 0.6 is 22.6 Å². The van der Waals surface area contributed by atoms with E-state index in [9.17, 15) is 18.0 Å². The highest BCUT2D eigenvalue weighted by Gasteiger charge is 2.33. The molecule has 0 saturated carbocycles. The van der Waals surface area contributed by atoms with E-state index in [1.54, 1.807) is 12.1 Å². The minimum absolute atomic E-state index is 0.0218. The molecule has 2 aromatic rings. The fourth-order valence-corrected chi connectivity index (χ4v) is 2.36. The Morgan fingerprint density at radius 1 is 1.00 bits per heavy atom. The molecular formula is C14H8F3IO. The fraction of sp³-hybridized carbons (Fsp3) is 0.0714. The van der Waals surface area contributed by atoms with Crippen LogP contribution in [-0.2, 0) is 6.18 Å². The van der Waals surface area contributed by atoms with Gasteiger partial charge in [-0.3, -0.25) is 4.79 Å². The summed E-state index contributed by atoms with van der Waals surface area (Å²) < 4.78 is 39.7. The van der Waals surface area contributed by atoms with Crippen LogP contribution in [0, 0.1) is 3.57 Å². The predicted octanol–water partition coefficient (Wildman–Crippen LogP) is 4.79. The topological polar surface area (TPSA) is 17.1 Å². The molecule has 0 unspecified atom stereocenters. The molecule has 0 N–H and O–H groups in total. The molecule has 2 rings (SSSR count). The van der Waals surface area contributed by atoms with Gasteiger partial charge in [-0.15, -0.1) is 0 Å². The molecule has 0 heterocycles. The van der Waals surface area contributed by atoms with Crippen LogP contribution in [0.25, 0.3) is 11.1 Å². The number of hydrogen-bond acceptors (Lipinski definition) is 1. The van der Waals surface area contributed by atoms with Crippen molar-refractivity contribution in [3.63, 3.8) is 0 Å². The predicted molar refractivity (Wildman–Crippen MR) is 75.0 cm³/mol. The summed E-state index contributed by atoms with van der Waals surface area (Å²) in [6, 6.07) is 10.0. The maximum atomic E-state index is 13.0. The summed E-state index contributed by atoms with van der Waals surface area (Å²) in [6.07, 6.45) is -3.87. The summed E-state index contributed by atoms with van der Waals surface area (Å²) in [5.41, 5.74) is -0.167. The normalized spacial score (nSPS) is 11.4. The Bertz CT molecular complexity index is 620. The van der Waals surface area contributed by atoms with Gasteiger partial charge in [0.1, 0.15) is 0 Å². The molecular weight excluding hydrogens is 368 g/mol. The van der Waals surface area contributed by atoms with Crippen LogP contribution in [0.5, 0.6) is 0 Å². The number of benzene rings is 2. The fourth-order valence-electron chi connectivity index (χ4n) is 1.84. The molecule has 0 radical (unpaired) electrons. The monoisotopic (exact) mass is 376 g/mol. The maximum Gasteiger partial charge on any atom is 0.417 e. The second-order valence-corrected chi connectivity index (χ2v) is 5.14. The van der Waals surface area contributed by atoms with Gasteiger partial charge in [0.25, 0.3) is 0 Å². The summed E-state index contributed by atoms with van der Waals surface area (Å²) in [6.45, 7) is 0. The first-order chi connectivity index (χ1) is 8.93.